The minimum atomic E-state index is 0.220. The molecule has 5 rings (SSSR count). The van der Waals surface area contributed by atoms with Crippen molar-refractivity contribution < 1.29 is 5.11 Å². The molecule has 3 aliphatic rings. The van der Waals surface area contributed by atoms with E-state index in [1.807, 2.05) is 0 Å². The molecule has 5 heteroatoms. The van der Waals surface area contributed by atoms with Gasteiger partial charge in [0.25, 0.3) is 0 Å². The monoisotopic (exact) mass is 444 g/mol. The van der Waals surface area contributed by atoms with Gasteiger partial charge in [-0.05, 0) is 98.0 Å². The van der Waals surface area contributed by atoms with Crippen LogP contribution in [-0.4, -0.2) is 59.3 Å². The van der Waals surface area contributed by atoms with Crippen LogP contribution in [0.25, 0.3) is 16.5 Å². The van der Waals surface area contributed by atoms with E-state index < -0.39 is 0 Å². The Morgan fingerprint density at radius 2 is 2.00 bits per heavy atom. The van der Waals surface area contributed by atoms with Crippen LogP contribution in [0.1, 0.15) is 75.1 Å². The number of aliphatic hydroxyl groups excluding tert-OH is 1. The Bertz CT molecular complexity index is 1140. The zero-order valence-electron chi connectivity index (χ0n) is 20.1. The van der Waals surface area contributed by atoms with Gasteiger partial charge >= 0.3 is 0 Å². The van der Waals surface area contributed by atoms with E-state index in [0.717, 1.165) is 51.0 Å². The molecule has 5 nitrogen and oxygen atoms in total. The van der Waals surface area contributed by atoms with Gasteiger partial charge in [-0.3, -0.25) is 4.99 Å². The molecule has 1 unspecified atom stereocenters. The molecular formula is C28H36N4O. The van der Waals surface area contributed by atoms with Crippen LogP contribution in [0.15, 0.2) is 45.9 Å². The second-order valence-electron chi connectivity index (χ2n) is 10.1. The lowest BCUT2D eigenvalue weighted by Crippen LogP contribution is -2.34. The van der Waals surface area contributed by atoms with Crippen LogP contribution in [0.2, 0.25) is 0 Å². The molecule has 33 heavy (non-hydrogen) atoms. The van der Waals surface area contributed by atoms with Crippen molar-refractivity contribution in [2.24, 2.45) is 9.98 Å². The molecular weight excluding hydrogens is 408 g/mol. The van der Waals surface area contributed by atoms with E-state index in [1.54, 1.807) is 6.34 Å². The molecule has 0 saturated carbocycles. The van der Waals surface area contributed by atoms with Crippen molar-refractivity contribution in [3.05, 3.63) is 52.7 Å². The van der Waals surface area contributed by atoms with Crippen molar-refractivity contribution in [2.75, 3.05) is 26.2 Å². The van der Waals surface area contributed by atoms with Crippen LogP contribution < -0.4 is 0 Å². The molecule has 0 spiro atoms. The summed E-state index contributed by atoms with van der Waals surface area (Å²) in [5, 5.41) is 10.6. The minimum Gasteiger partial charge on any atom is -0.395 e. The Kier molecular flexibility index (Phi) is 6.35. The van der Waals surface area contributed by atoms with Crippen LogP contribution in [0.5, 0.6) is 0 Å². The maximum atomic E-state index is 9.24. The molecule has 2 aromatic rings. The van der Waals surface area contributed by atoms with Gasteiger partial charge in [0.15, 0.2) is 0 Å². The SMILES string of the molecule is C/C1=C/C(c2[nH]c3ccc(C4CCN(CCO)CC4)cc3c2C(C)C)=C\CCC2N=CN=C12. The number of aliphatic imine (C=N–C) groups is 2. The number of allylic oxidation sites excluding steroid dienone is 3. The van der Waals surface area contributed by atoms with Gasteiger partial charge < -0.3 is 15.0 Å². The average Bonchev–Trinajstić information content (AvgIpc) is 3.42. The zero-order chi connectivity index (χ0) is 22.9. The van der Waals surface area contributed by atoms with Crippen molar-refractivity contribution in [3.63, 3.8) is 0 Å². The summed E-state index contributed by atoms with van der Waals surface area (Å²) in [5.74, 6) is 1.03. The number of aromatic nitrogens is 1. The molecule has 3 heterocycles. The van der Waals surface area contributed by atoms with E-state index in [4.69, 9.17) is 0 Å². The lowest BCUT2D eigenvalue weighted by atomic mass is 9.87. The summed E-state index contributed by atoms with van der Waals surface area (Å²) in [6, 6.07) is 7.27. The predicted molar refractivity (Wildman–Crippen MR) is 139 cm³/mol. The van der Waals surface area contributed by atoms with Crippen molar-refractivity contribution in [2.45, 2.75) is 64.3 Å². The normalized spacial score (nSPS) is 25.4. The number of nitrogens with zero attached hydrogens (tertiary/aromatic N) is 3. The Balaban J connectivity index is 1.50. The molecule has 2 N–H and O–H groups in total. The van der Waals surface area contributed by atoms with Gasteiger partial charge in [0, 0.05) is 23.1 Å². The lowest BCUT2D eigenvalue weighted by molar-refractivity contribution is 0.164. The Morgan fingerprint density at radius 3 is 2.76 bits per heavy atom. The number of hydrogen-bond acceptors (Lipinski definition) is 4. The molecule has 1 aliphatic carbocycles. The molecule has 1 saturated heterocycles. The molecule has 1 aromatic heterocycles. The number of benzene rings is 1. The Morgan fingerprint density at radius 1 is 1.18 bits per heavy atom. The fourth-order valence-corrected chi connectivity index (χ4v) is 5.79. The van der Waals surface area contributed by atoms with Crippen LogP contribution in [0.4, 0.5) is 0 Å². The second-order valence-corrected chi connectivity index (χ2v) is 10.1. The molecule has 1 aromatic carbocycles. The first kappa shape index (κ1) is 22.3. The molecule has 0 bridgehead atoms. The van der Waals surface area contributed by atoms with E-state index in [9.17, 15) is 5.11 Å². The number of aromatic amines is 1. The van der Waals surface area contributed by atoms with Crippen LogP contribution in [-0.2, 0) is 0 Å². The highest BCUT2D eigenvalue weighted by Crippen LogP contribution is 2.38. The minimum absolute atomic E-state index is 0.220. The van der Waals surface area contributed by atoms with Crippen molar-refractivity contribution in [3.8, 4) is 0 Å². The quantitative estimate of drug-likeness (QED) is 0.645. The van der Waals surface area contributed by atoms with Crippen LogP contribution in [0, 0.1) is 0 Å². The highest BCUT2D eigenvalue weighted by Gasteiger charge is 2.25. The zero-order valence-corrected chi connectivity index (χ0v) is 20.1. The predicted octanol–water partition coefficient (Wildman–Crippen LogP) is 5.44. The van der Waals surface area contributed by atoms with Gasteiger partial charge in [-0.1, -0.05) is 26.0 Å². The van der Waals surface area contributed by atoms with E-state index in [2.05, 4.69) is 71.0 Å². The summed E-state index contributed by atoms with van der Waals surface area (Å²) >= 11 is 0. The summed E-state index contributed by atoms with van der Waals surface area (Å²) in [6.45, 7) is 9.97. The van der Waals surface area contributed by atoms with Gasteiger partial charge in [-0.2, -0.15) is 0 Å². The maximum absolute atomic E-state index is 9.24. The number of piperidine rings is 1. The van der Waals surface area contributed by atoms with Gasteiger partial charge in [0.05, 0.1) is 18.4 Å². The van der Waals surface area contributed by atoms with Gasteiger partial charge in [-0.25, -0.2) is 4.99 Å². The first-order chi connectivity index (χ1) is 16.0. The average molecular weight is 445 g/mol. The second kappa shape index (κ2) is 9.40. The summed E-state index contributed by atoms with van der Waals surface area (Å²) in [7, 11) is 0. The van der Waals surface area contributed by atoms with Crippen molar-refractivity contribution in [1.82, 2.24) is 9.88 Å². The number of rotatable bonds is 5. The molecule has 1 atom stereocenters. The first-order valence-electron chi connectivity index (χ1n) is 12.5. The highest BCUT2D eigenvalue weighted by atomic mass is 16.3. The number of likely N-dealkylation sites (tertiary alicyclic amines) is 1. The maximum Gasteiger partial charge on any atom is 0.111 e. The molecule has 0 amide bonds. The van der Waals surface area contributed by atoms with E-state index in [0.29, 0.717) is 11.8 Å². The topological polar surface area (TPSA) is 64.0 Å². The van der Waals surface area contributed by atoms with Crippen LogP contribution >= 0.6 is 0 Å². The van der Waals surface area contributed by atoms with Crippen LogP contribution in [0.3, 0.4) is 0 Å². The van der Waals surface area contributed by atoms with Gasteiger partial charge in [-0.15, -0.1) is 0 Å². The number of hydrogen-bond donors (Lipinski definition) is 2. The van der Waals surface area contributed by atoms with Crippen molar-refractivity contribution >= 4 is 28.5 Å². The molecule has 0 radical (unpaired) electrons. The first-order valence-corrected chi connectivity index (χ1v) is 12.5. The van der Waals surface area contributed by atoms with E-state index in [-0.39, 0.29) is 12.6 Å². The van der Waals surface area contributed by atoms with Gasteiger partial charge in [0.1, 0.15) is 6.34 Å². The third-order valence-electron chi connectivity index (χ3n) is 7.54. The smallest absolute Gasteiger partial charge is 0.111 e. The number of aliphatic hydroxyl groups is 1. The van der Waals surface area contributed by atoms with E-state index >= 15 is 0 Å². The fraction of sp³-hybridized carbons (Fsp3) is 0.500. The van der Waals surface area contributed by atoms with Gasteiger partial charge in [0.2, 0.25) is 0 Å². The fourth-order valence-electron chi connectivity index (χ4n) is 5.79. The highest BCUT2D eigenvalue weighted by molar-refractivity contribution is 6.11. The molecule has 2 aliphatic heterocycles. The number of β-amino-alcohol motifs (C(OH)–C–C–N with tert-alkyl or cyclic N) is 1. The molecule has 174 valence electrons. The van der Waals surface area contributed by atoms with Crippen molar-refractivity contribution in [1.29, 1.82) is 0 Å². The number of nitrogens with one attached hydrogen (secondary N) is 1. The lowest BCUT2D eigenvalue weighted by Gasteiger charge is -2.31. The van der Waals surface area contributed by atoms with E-state index in [1.165, 1.54) is 38.9 Å². The number of fused-ring (bicyclic) bond motifs is 2. The third kappa shape index (κ3) is 4.36. The largest absolute Gasteiger partial charge is 0.395 e. The Labute approximate surface area is 197 Å². The summed E-state index contributed by atoms with van der Waals surface area (Å²) < 4.78 is 0. The molecule has 1 fully saturated rings. The standard InChI is InChI=1S/C28H36N4O/c1-18(2)26-23-16-21(20-9-11-32(12-10-20)13-14-33)7-8-24(23)31-28(26)22-5-4-6-25-27(19(3)15-22)30-17-29-25/h5,7-8,15-18,20,25,31,33H,4,6,9-14H2,1-3H3/b19-15-,22-5+. The Hall–Kier alpha value is -2.50. The number of H-pyrrole nitrogens is 1. The summed E-state index contributed by atoms with van der Waals surface area (Å²) in [5.41, 5.74) is 8.97. The summed E-state index contributed by atoms with van der Waals surface area (Å²) in [6.07, 6.45) is 10.7. The summed E-state index contributed by atoms with van der Waals surface area (Å²) in [4.78, 5) is 15.2. The third-order valence-corrected chi connectivity index (χ3v) is 7.54.